The molecule has 2 rings (SSSR count). The zero-order chi connectivity index (χ0) is 18.0. The van der Waals surface area contributed by atoms with E-state index in [0.29, 0.717) is 24.2 Å². The quantitative estimate of drug-likeness (QED) is 0.578. The molecule has 1 aliphatic rings. The molecule has 4 heteroatoms. The summed E-state index contributed by atoms with van der Waals surface area (Å²) in [6.07, 6.45) is 1.75. The Morgan fingerprint density at radius 1 is 1.00 bits per heavy atom. The molecule has 0 amide bonds. The number of ether oxygens (including phenoxy) is 2. The fourth-order valence-electron chi connectivity index (χ4n) is 2.64. The number of para-hydroxylation sites is 1. The van der Waals surface area contributed by atoms with E-state index in [9.17, 15) is 9.59 Å². The second-order valence-electron chi connectivity index (χ2n) is 8.39. The van der Waals surface area contributed by atoms with Gasteiger partial charge in [0.2, 0.25) is 0 Å². The van der Waals surface area contributed by atoms with Crippen molar-refractivity contribution < 1.29 is 19.1 Å². The predicted molar refractivity (Wildman–Crippen MR) is 92.5 cm³/mol. The third kappa shape index (κ3) is 5.08. The first-order valence-corrected chi connectivity index (χ1v) is 8.54. The van der Waals surface area contributed by atoms with Crippen molar-refractivity contribution in [3.63, 3.8) is 0 Å². The standard InChI is InChI=1S/C20H28O4/c1-19(2,3)17(21)23-13-15-11-14(15)12-20(4,5)18(22)24-16-9-7-6-8-10-16/h6-10,14-15H,11-13H2,1-5H3. The molecule has 0 bridgehead atoms. The fourth-order valence-corrected chi connectivity index (χ4v) is 2.64. The van der Waals surface area contributed by atoms with Gasteiger partial charge < -0.3 is 9.47 Å². The number of hydrogen-bond donors (Lipinski definition) is 0. The molecule has 1 aromatic carbocycles. The van der Waals surface area contributed by atoms with Crippen LogP contribution in [-0.4, -0.2) is 18.5 Å². The zero-order valence-electron chi connectivity index (χ0n) is 15.3. The number of carbonyl (C=O) groups is 2. The van der Waals surface area contributed by atoms with Gasteiger partial charge in [0, 0.05) is 0 Å². The molecule has 1 aromatic rings. The Morgan fingerprint density at radius 2 is 1.62 bits per heavy atom. The molecule has 0 saturated heterocycles. The number of benzene rings is 1. The van der Waals surface area contributed by atoms with Crippen LogP contribution in [0, 0.1) is 22.7 Å². The van der Waals surface area contributed by atoms with E-state index in [2.05, 4.69) is 0 Å². The maximum absolute atomic E-state index is 12.4. The highest BCUT2D eigenvalue weighted by Gasteiger charge is 2.44. The summed E-state index contributed by atoms with van der Waals surface area (Å²) in [6, 6.07) is 9.13. The second kappa shape index (κ2) is 6.96. The molecule has 0 heterocycles. The van der Waals surface area contributed by atoms with E-state index in [-0.39, 0.29) is 11.9 Å². The molecule has 0 aliphatic heterocycles. The van der Waals surface area contributed by atoms with Crippen molar-refractivity contribution in [2.75, 3.05) is 6.61 Å². The lowest BCUT2D eigenvalue weighted by molar-refractivity contribution is -0.153. The van der Waals surface area contributed by atoms with Crippen LogP contribution in [0.3, 0.4) is 0 Å². The van der Waals surface area contributed by atoms with Crippen molar-refractivity contribution in [1.82, 2.24) is 0 Å². The third-order valence-corrected chi connectivity index (χ3v) is 4.39. The van der Waals surface area contributed by atoms with Crippen LogP contribution in [0.4, 0.5) is 0 Å². The summed E-state index contributed by atoms with van der Waals surface area (Å²) in [7, 11) is 0. The number of carbonyl (C=O) groups excluding carboxylic acids is 2. The first-order valence-electron chi connectivity index (χ1n) is 8.54. The van der Waals surface area contributed by atoms with Crippen molar-refractivity contribution >= 4 is 11.9 Å². The van der Waals surface area contributed by atoms with Crippen molar-refractivity contribution in [1.29, 1.82) is 0 Å². The summed E-state index contributed by atoms with van der Waals surface area (Å²) in [4.78, 5) is 24.2. The van der Waals surface area contributed by atoms with Gasteiger partial charge in [0.1, 0.15) is 5.75 Å². The smallest absolute Gasteiger partial charge is 0.316 e. The van der Waals surface area contributed by atoms with E-state index < -0.39 is 10.8 Å². The maximum atomic E-state index is 12.4. The Bertz CT molecular complexity index is 583. The minimum absolute atomic E-state index is 0.170. The molecule has 1 saturated carbocycles. The molecular formula is C20H28O4. The first-order chi connectivity index (χ1) is 11.1. The van der Waals surface area contributed by atoms with Crippen molar-refractivity contribution in [2.24, 2.45) is 22.7 Å². The van der Waals surface area contributed by atoms with Crippen molar-refractivity contribution in [3.8, 4) is 5.75 Å². The summed E-state index contributed by atoms with van der Waals surface area (Å²) in [5, 5.41) is 0. The molecule has 24 heavy (non-hydrogen) atoms. The highest BCUT2D eigenvalue weighted by molar-refractivity contribution is 5.78. The molecule has 4 nitrogen and oxygen atoms in total. The van der Waals surface area contributed by atoms with Crippen LogP contribution in [0.25, 0.3) is 0 Å². The van der Waals surface area contributed by atoms with Gasteiger partial charge >= 0.3 is 11.9 Å². The molecule has 1 fully saturated rings. The van der Waals surface area contributed by atoms with Crippen LogP contribution in [0.15, 0.2) is 30.3 Å². The van der Waals surface area contributed by atoms with Crippen LogP contribution in [-0.2, 0) is 14.3 Å². The van der Waals surface area contributed by atoms with E-state index in [1.165, 1.54) is 0 Å². The monoisotopic (exact) mass is 332 g/mol. The van der Waals surface area contributed by atoms with Gasteiger partial charge in [-0.05, 0) is 71.4 Å². The maximum Gasteiger partial charge on any atom is 0.316 e. The fraction of sp³-hybridized carbons (Fsp3) is 0.600. The van der Waals surface area contributed by atoms with Gasteiger partial charge in [0.25, 0.3) is 0 Å². The van der Waals surface area contributed by atoms with E-state index in [1.54, 1.807) is 12.1 Å². The molecule has 0 N–H and O–H groups in total. The lowest BCUT2D eigenvalue weighted by Gasteiger charge is -2.22. The van der Waals surface area contributed by atoms with Crippen LogP contribution in [0.2, 0.25) is 0 Å². The molecule has 0 spiro atoms. The molecule has 0 radical (unpaired) electrons. The average Bonchev–Trinajstić information content (AvgIpc) is 3.22. The SMILES string of the molecule is CC(C)(C)C(=O)OCC1CC1CC(C)(C)C(=O)Oc1ccccc1. The van der Waals surface area contributed by atoms with E-state index in [1.807, 2.05) is 52.8 Å². The summed E-state index contributed by atoms with van der Waals surface area (Å²) < 4.78 is 10.8. The van der Waals surface area contributed by atoms with E-state index >= 15 is 0 Å². The number of rotatable bonds is 6. The largest absolute Gasteiger partial charge is 0.465 e. The third-order valence-electron chi connectivity index (χ3n) is 4.39. The summed E-state index contributed by atoms with van der Waals surface area (Å²) in [5.41, 5.74) is -1.02. The van der Waals surface area contributed by atoms with Gasteiger partial charge in [-0.2, -0.15) is 0 Å². The summed E-state index contributed by atoms with van der Waals surface area (Å²) in [6.45, 7) is 9.82. The van der Waals surface area contributed by atoms with Crippen LogP contribution >= 0.6 is 0 Å². The van der Waals surface area contributed by atoms with E-state index in [0.717, 1.165) is 12.8 Å². The molecule has 0 aromatic heterocycles. The van der Waals surface area contributed by atoms with E-state index in [4.69, 9.17) is 9.47 Å². The van der Waals surface area contributed by atoms with Gasteiger partial charge in [0.15, 0.2) is 0 Å². The average molecular weight is 332 g/mol. The van der Waals surface area contributed by atoms with Crippen molar-refractivity contribution in [2.45, 2.75) is 47.5 Å². The minimum atomic E-state index is -0.552. The van der Waals surface area contributed by atoms with Gasteiger partial charge in [-0.15, -0.1) is 0 Å². The van der Waals surface area contributed by atoms with Crippen LogP contribution in [0.1, 0.15) is 47.5 Å². The molecular weight excluding hydrogens is 304 g/mol. The van der Waals surface area contributed by atoms with Gasteiger partial charge in [-0.1, -0.05) is 18.2 Å². The topological polar surface area (TPSA) is 52.6 Å². The molecule has 1 aliphatic carbocycles. The Hall–Kier alpha value is -1.84. The normalized spacial score (nSPS) is 20.4. The highest BCUT2D eigenvalue weighted by Crippen LogP contribution is 2.47. The Labute approximate surface area is 144 Å². The highest BCUT2D eigenvalue weighted by atomic mass is 16.5. The molecule has 132 valence electrons. The van der Waals surface area contributed by atoms with Crippen LogP contribution < -0.4 is 4.74 Å². The zero-order valence-corrected chi connectivity index (χ0v) is 15.3. The number of hydrogen-bond acceptors (Lipinski definition) is 4. The number of esters is 2. The summed E-state index contributed by atoms with van der Waals surface area (Å²) in [5.74, 6) is 0.958. The summed E-state index contributed by atoms with van der Waals surface area (Å²) >= 11 is 0. The predicted octanol–water partition coefficient (Wildman–Crippen LogP) is 4.23. The van der Waals surface area contributed by atoms with Crippen LogP contribution in [0.5, 0.6) is 5.75 Å². The Balaban J connectivity index is 1.79. The lowest BCUT2D eigenvalue weighted by atomic mass is 9.86. The van der Waals surface area contributed by atoms with Gasteiger partial charge in [-0.3, -0.25) is 9.59 Å². The lowest BCUT2D eigenvalue weighted by Crippen LogP contribution is -2.30. The minimum Gasteiger partial charge on any atom is -0.465 e. The van der Waals surface area contributed by atoms with Gasteiger partial charge in [0.05, 0.1) is 17.4 Å². The second-order valence-corrected chi connectivity index (χ2v) is 8.39. The molecule has 2 unspecified atom stereocenters. The van der Waals surface area contributed by atoms with Gasteiger partial charge in [-0.25, -0.2) is 0 Å². The molecule has 2 atom stereocenters. The Morgan fingerprint density at radius 3 is 2.21 bits per heavy atom. The Kier molecular flexibility index (Phi) is 5.36. The first kappa shape index (κ1) is 18.5. The van der Waals surface area contributed by atoms with Crippen molar-refractivity contribution in [3.05, 3.63) is 30.3 Å².